The van der Waals surface area contributed by atoms with Crippen LogP contribution in [-0.4, -0.2) is 64.2 Å². The molecule has 1 fully saturated rings. The fraction of sp³-hybridized carbons (Fsp3) is 0.296. The van der Waals surface area contributed by atoms with Crippen molar-refractivity contribution in [2.24, 2.45) is 0 Å². The van der Waals surface area contributed by atoms with E-state index in [4.69, 9.17) is 9.72 Å². The molecule has 12 heteroatoms. The van der Waals surface area contributed by atoms with Crippen molar-refractivity contribution < 1.29 is 23.8 Å². The first-order valence-electron chi connectivity index (χ1n) is 12.3. The predicted octanol–water partition coefficient (Wildman–Crippen LogP) is 3.54. The van der Waals surface area contributed by atoms with Gasteiger partial charge in [0.1, 0.15) is 22.8 Å². The van der Waals surface area contributed by atoms with Crippen LogP contribution in [0.15, 0.2) is 42.6 Å². The van der Waals surface area contributed by atoms with E-state index in [0.717, 1.165) is 9.71 Å². The number of aliphatic hydroxyl groups is 1. The van der Waals surface area contributed by atoms with Crippen molar-refractivity contribution in [3.63, 3.8) is 0 Å². The van der Waals surface area contributed by atoms with Crippen LogP contribution in [-0.2, 0) is 4.79 Å². The number of aliphatic hydroxyl groups excluding tert-OH is 1. The number of aryl methyl sites for hydroxylation is 1. The Kier molecular flexibility index (Phi) is 7.40. The Morgan fingerprint density at radius 1 is 1.23 bits per heavy atom. The molecule has 202 valence electrons. The lowest BCUT2D eigenvalue weighted by atomic mass is 10.1. The first kappa shape index (κ1) is 26.4. The first-order chi connectivity index (χ1) is 18.8. The van der Waals surface area contributed by atoms with E-state index in [9.17, 15) is 19.1 Å². The topological polar surface area (TPSA) is 130 Å². The van der Waals surface area contributed by atoms with Gasteiger partial charge in [-0.1, -0.05) is 6.07 Å². The van der Waals surface area contributed by atoms with Crippen molar-refractivity contribution in [2.75, 3.05) is 30.5 Å². The van der Waals surface area contributed by atoms with Crippen molar-refractivity contribution in [3.05, 3.63) is 59.1 Å². The number of carbonyl (C=O) groups excluding carboxylic acids is 2. The quantitative estimate of drug-likeness (QED) is 0.319. The van der Waals surface area contributed by atoms with E-state index >= 15 is 0 Å². The summed E-state index contributed by atoms with van der Waals surface area (Å²) in [5.41, 5.74) is 1.91. The third-order valence-corrected chi connectivity index (χ3v) is 7.45. The van der Waals surface area contributed by atoms with E-state index in [2.05, 4.69) is 20.6 Å². The van der Waals surface area contributed by atoms with Crippen molar-refractivity contribution in [3.8, 4) is 17.1 Å². The van der Waals surface area contributed by atoms with Crippen molar-refractivity contribution >= 4 is 44.7 Å². The molecular formula is C27H27FN6O4S. The molecule has 0 bridgehead atoms. The van der Waals surface area contributed by atoms with Crippen molar-refractivity contribution in [1.82, 2.24) is 20.3 Å². The van der Waals surface area contributed by atoms with Gasteiger partial charge < -0.3 is 25.4 Å². The Hall–Kier alpha value is -4.16. The van der Waals surface area contributed by atoms with Gasteiger partial charge in [-0.25, -0.2) is 19.3 Å². The number of aromatic nitrogens is 3. The molecule has 4 aromatic rings. The van der Waals surface area contributed by atoms with Crippen LogP contribution in [0.4, 0.5) is 15.8 Å². The largest absolute Gasteiger partial charge is 0.496 e. The number of anilines is 2. The number of thiazole rings is 1. The number of carbonyl (C=O) groups is 2. The molecule has 0 radical (unpaired) electrons. The molecule has 5 rings (SSSR count). The zero-order chi connectivity index (χ0) is 27.7. The van der Waals surface area contributed by atoms with Crippen LogP contribution in [0.2, 0.25) is 0 Å². The molecule has 1 aliphatic heterocycles. The van der Waals surface area contributed by atoms with Crippen LogP contribution in [0, 0.1) is 12.7 Å². The van der Waals surface area contributed by atoms with Crippen LogP contribution in [0.5, 0.6) is 5.75 Å². The lowest BCUT2D eigenvalue weighted by Gasteiger charge is -2.28. The van der Waals surface area contributed by atoms with Gasteiger partial charge in [0, 0.05) is 25.7 Å². The molecule has 2 amide bonds. The minimum Gasteiger partial charge on any atom is -0.496 e. The molecule has 2 aromatic heterocycles. The Labute approximate surface area is 227 Å². The molecule has 0 aliphatic carbocycles. The van der Waals surface area contributed by atoms with E-state index in [-0.39, 0.29) is 47.4 Å². The highest BCUT2D eigenvalue weighted by molar-refractivity contribution is 7.18. The Morgan fingerprint density at radius 2 is 2.05 bits per heavy atom. The number of hydrogen-bond donors (Lipinski definition) is 3. The second-order valence-electron chi connectivity index (χ2n) is 9.20. The minimum absolute atomic E-state index is 0.0152. The second kappa shape index (κ2) is 10.9. The molecule has 39 heavy (non-hydrogen) atoms. The number of nitrogens with one attached hydrogen (secondary N) is 2. The van der Waals surface area contributed by atoms with E-state index in [1.54, 1.807) is 12.1 Å². The number of rotatable bonds is 7. The van der Waals surface area contributed by atoms with Crippen molar-refractivity contribution in [2.45, 2.75) is 32.4 Å². The van der Waals surface area contributed by atoms with Gasteiger partial charge in [0.2, 0.25) is 5.91 Å². The van der Waals surface area contributed by atoms with Gasteiger partial charge in [0.15, 0.2) is 5.82 Å². The van der Waals surface area contributed by atoms with Crippen molar-refractivity contribution in [1.29, 1.82) is 0 Å². The highest BCUT2D eigenvalue weighted by Gasteiger charge is 2.35. The summed E-state index contributed by atoms with van der Waals surface area (Å²) in [6.45, 7) is 3.66. The van der Waals surface area contributed by atoms with Crippen LogP contribution in [0.1, 0.15) is 28.8 Å². The fourth-order valence-electron chi connectivity index (χ4n) is 4.92. The van der Waals surface area contributed by atoms with E-state index in [1.165, 1.54) is 49.8 Å². The van der Waals surface area contributed by atoms with Gasteiger partial charge in [0.25, 0.3) is 5.91 Å². The maximum absolute atomic E-state index is 14.6. The molecule has 3 heterocycles. The second-order valence-corrected chi connectivity index (χ2v) is 10.4. The minimum atomic E-state index is -0.573. The number of amides is 2. The fourth-order valence-corrected chi connectivity index (χ4v) is 5.75. The third kappa shape index (κ3) is 5.25. The molecule has 2 aromatic carbocycles. The number of halogens is 1. The maximum atomic E-state index is 14.6. The molecule has 3 N–H and O–H groups in total. The Morgan fingerprint density at radius 3 is 2.79 bits per heavy atom. The summed E-state index contributed by atoms with van der Waals surface area (Å²) < 4.78 is 20.8. The molecule has 1 aliphatic rings. The van der Waals surface area contributed by atoms with Gasteiger partial charge in [-0.05, 0) is 43.7 Å². The van der Waals surface area contributed by atoms with Crippen LogP contribution >= 0.6 is 11.3 Å². The Bertz CT molecular complexity index is 1560. The van der Waals surface area contributed by atoms with E-state index in [1.807, 2.05) is 17.9 Å². The maximum Gasteiger partial charge on any atom is 0.274 e. The number of ether oxygens (including phenoxy) is 1. The zero-order valence-corrected chi connectivity index (χ0v) is 22.4. The third-order valence-electron chi connectivity index (χ3n) is 6.52. The number of methoxy groups -OCH3 is 1. The molecule has 0 spiro atoms. The molecular weight excluding hydrogens is 523 g/mol. The highest BCUT2D eigenvalue weighted by atomic mass is 32.1. The monoisotopic (exact) mass is 550 g/mol. The number of benzene rings is 2. The Balaban J connectivity index is 1.52. The zero-order valence-electron chi connectivity index (χ0n) is 21.6. The number of hydrogen-bond acceptors (Lipinski definition) is 9. The molecule has 0 unspecified atom stereocenters. The summed E-state index contributed by atoms with van der Waals surface area (Å²) in [6.07, 6.45) is 1.93. The summed E-state index contributed by atoms with van der Waals surface area (Å²) in [5, 5.41) is 16.9. The van der Waals surface area contributed by atoms with E-state index < -0.39 is 11.7 Å². The highest BCUT2D eigenvalue weighted by Crippen LogP contribution is 2.40. The van der Waals surface area contributed by atoms with Gasteiger partial charge in [-0.15, -0.1) is 11.3 Å². The van der Waals surface area contributed by atoms with Gasteiger partial charge >= 0.3 is 0 Å². The average Bonchev–Trinajstić information content (AvgIpc) is 3.49. The number of fused-ring (bicyclic) bond motifs is 1. The molecule has 1 saturated heterocycles. The van der Waals surface area contributed by atoms with Gasteiger partial charge in [0.05, 0.1) is 46.4 Å². The van der Waals surface area contributed by atoms with Gasteiger partial charge in [-0.2, -0.15) is 0 Å². The average molecular weight is 551 g/mol. The predicted molar refractivity (Wildman–Crippen MR) is 147 cm³/mol. The smallest absolute Gasteiger partial charge is 0.274 e. The SMILES string of the molecule is COc1cccc(F)c1-c1nccc(C(=O)Nc2ccc3sc(C)nc3c2N2C[C@H](NC(C)=O)C[C@H]2CO)n1. The number of nitrogens with zero attached hydrogens (tertiary/aromatic N) is 4. The summed E-state index contributed by atoms with van der Waals surface area (Å²) in [5.74, 6) is -0.990. The van der Waals surface area contributed by atoms with Crippen LogP contribution < -0.4 is 20.3 Å². The van der Waals surface area contributed by atoms with E-state index in [0.29, 0.717) is 29.9 Å². The normalized spacial score (nSPS) is 16.9. The lowest BCUT2D eigenvalue weighted by Crippen LogP contribution is -2.36. The molecule has 0 saturated carbocycles. The summed E-state index contributed by atoms with van der Waals surface area (Å²) in [4.78, 5) is 40.3. The molecule has 2 atom stereocenters. The van der Waals surface area contributed by atoms with Crippen LogP contribution in [0.25, 0.3) is 21.6 Å². The summed E-state index contributed by atoms with van der Waals surface area (Å²) >= 11 is 1.52. The lowest BCUT2D eigenvalue weighted by molar-refractivity contribution is -0.119. The van der Waals surface area contributed by atoms with Gasteiger partial charge in [-0.3, -0.25) is 9.59 Å². The first-order valence-corrected chi connectivity index (χ1v) is 13.1. The van der Waals surface area contributed by atoms with Crippen LogP contribution in [0.3, 0.4) is 0 Å². The summed E-state index contributed by atoms with van der Waals surface area (Å²) in [7, 11) is 1.42. The standard InChI is InChI=1S/C27H27FN6O4S/c1-14(36)30-16-11-17(13-35)34(12-16)25-19(7-8-22-24(25)31-15(2)39-22)33-27(37)20-9-10-29-26(32-20)23-18(28)5-4-6-21(23)38-3/h4-10,16-17,35H,11-13H2,1-3H3,(H,30,36)(H,33,37)/t16-,17+/m1/s1. The molecule has 10 nitrogen and oxygen atoms in total. The summed E-state index contributed by atoms with van der Waals surface area (Å²) in [6, 6.07) is 9.03.